The van der Waals surface area contributed by atoms with Crippen LogP contribution in [0.4, 0.5) is 0 Å². The number of hydrogen-bond acceptors (Lipinski definition) is 2. The quantitative estimate of drug-likeness (QED) is 0.888. The van der Waals surface area contributed by atoms with Crippen LogP contribution >= 0.6 is 0 Å². The first-order valence-electron chi connectivity index (χ1n) is 8.82. The van der Waals surface area contributed by atoms with Crippen LogP contribution in [-0.4, -0.2) is 31.1 Å². The number of benzene rings is 1. The van der Waals surface area contributed by atoms with Crippen molar-refractivity contribution in [3.05, 3.63) is 34.9 Å². The topological polar surface area (TPSA) is 15.3 Å². The lowest BCUT2D eigenvalue weighted by Crippen LogP contribution is -2.39. The van der Waals surface area contributed by atoms with Gasteiger partial charge in [0, 0.05) is 12.6 Å². The molecule has 116 valence electrons. The Morgan fingerprint density at radius 1 is 1.29 bits per heavy atom. The predicted octanol–water partition coefficient (Wildman–Crippen LogP) is 3.69. The maximum Gasteiger partial charge on any atom is 0.0354 e. The summed E-state index contributed by atoms with van der Waals surface area (Å²) < 4.78 is 0. The fraction of sp³-hybridized carbons (Fsp3) is 0.684. The number of nitrogens with one attached hydrogen (secondary N) is 1. The molecule has 1 fully saturated rings. The van der Waals surface area contributed by atoms with E-state index in [1.165, 1.54) is 63.8 Å². The zero-order chi connectivity index (χ0) is 14.7. The minimum atomic E-state index is 0.668. The van der Waals surface area contributed by atoms with Crippen molar-refractivity contribution in [3.63, 3.8) is 0 Å². The van der Waals surface area contributed by atoms with Crippen molar-refractivity contribution in [3.8, 4) is 0 Å². The van der Waals surface area contributed by atoms with E-state index in [0.717, 1.165) is 5.92 Å². The highest BCUT2D eigenvalue weighted by atomic mass is 15.2. The summed E-state index contributed by atoms with van der Waals surface area (Å²) in [5, 5.41) is 3.57. The third kappa shape index (κ3) is 3.49. The molecule has 2 heteroatoms. The molecule has 1 aliphatic carbocycles. The summed E-state index contributed by atoms with van der Waals surface area (Å²) in [5.74, 6) is 0.846. The van der Waals surface area contributed by atoms with E-state index >= 15 is 0 Å². The lowest BCUT2D eigenvalue weighted by molar-refractivity contribution is 0.153. The normalized spacial score (nSPS) is 25.3. The van der Waals surface area contributed by atoms with Crippen LogP contribution in [0.1, 0.15) is 55.3 Å². The molecule has 2 nitrogen and oxygen atoms in total. The van der Waals surface area contributed by atoms with E-state index in [1.807, 2.05) is 0 Å². The molecule has 1 saturated heterocycles. The number of nitrogens with zero attached hydrogens (tertiary/aromatic N) is 1. The molecule has 1 N–H and O–H groups in total. The summed E-state index contributed by atoms with van der Waals surface area (Å²) in [5.41, 5.74) is 4.62. The Bertz CT molecular complexity index is 463. The predicted molar refractivity (Wildman–Crippen MR) is 89.7 cm³/mol. The molecule has 0 bridgehead atoms. The van der Waals surface area contributed by atoms with Crippen LogP contribution in [0.5, 0.6) is 0 Å². The average Bonchev–Trinajstić information content (AvgIpc) is 2.91. The summed E-state index contributed by atoms with van der Waals surface area (Å²) in [6.45, 7) is 9.50. The van der Waals surface area contributed by atoms with E-state index in [-0.39, 0.29) is 0 Å². The summed E-state index contributed by atoms with van der Waals surface area (Å²) >= 11 is 0. The lowest BCUT2D eigenvalue weighted by atomic mass is 9.97. The molecular weight excluding hydrogens is 256 g/mol. The van der Waals surface area contributed by atoms with Crippen molar-refractivity contribution in [2.45, 2.75) is 52.0 Å². The molecule has 1 aromatic rings. The molecule has 1 aliphatic heterocycles. The van der Waals surface area contributed by atoms with Crippen LogP contribution in [-0.2, 0) is 6.42 Å². The zero-order valence-electron chi connectivity index (χ0n) is 13.7. The second-order valence-electron chi connectivity index (χ2n) is 6.96. The van der Waals surface area contributed by atoms with Gasteiger partial charge in [-0.05, 0) is 75.7 Å². The van der Waals surface area contributed by atoms with E-state index in [1.54, 1.807) is 11.1 Å². The van der Waals surface area contributed by atoms with Gasteiger partial charge in [0.15, 0.2) is 0 Å². The first-order valence-corrected chi connectivity index (χ1v) is 8.82. The van der Waals surface area contributed by atoms with Crippen molar-refractivity contribution in [1.29, 1.82) is 0 Å². The van der Waals surface area contributed by atoms with Gasteiger partial charge in [0.25, 0.3) is 0 Å². The molecule has 2 aliphatic rings. The molecule has 2 atom stereocenters. The van der Waals surface area contributed by atoms with Gasteiger partial charge in [-0.2, -0.15) is 0 Å². The summed E-state index contributed by atoms with van der Waals surface area (Å²) in [6.07, 6.45) is 6.60. The smallest absolute Gasteiger partial charge is 0.0354 e. The van der Waals surface area contributed by atoms with Gasteiger partial charge in [-0.25, -0.2) is 0 Å². The monoisotopic (exact) mass is 286 g/mol. The van der Waals surface area contributed by atoms with Crippen LogP contribution in [0, 0.1) is 12.8 Å². The van der Waals surface area contributed by atoms with Crippen molar-refractivity contribution >= 4 is 0 Å². The molecule has 0 saturated carbocycles. The van der Waals surface area contributed by atoms with Gasteiger partial charge in [0.2, 0.25) is 0 Å². The van der Waals surface area contributed by atoms with Gasteiger partial charge in [0.1, 0.15) is 0 Å². The van der Waals surface area contributed by atoms with Gasteiger partial charge >= 0.3 is 0 Å². The first kappa shape index (κ1) is 15.1. The number of aryl methyl sites for hydroxylation is 2. The molecule has 1 aromatic carbocycles. The van der Waals surface area contributed by atoms with Crippen molar-refractivity contribution in [1.82, 2.24) is 10.2 Å². The van der Waals surface area contributed by atoms with E-state index in [9.17, 15) is 0 Å². The van der Waals surface area contributed by atoms with Gasteiger partial charge in [-0.1, -0.05) is 30.7 Å². The molecule has 1 heterocycles. The second kappa shape index (κ2) is 6.93. The maximum absolute atomic E-state index is 3.57. The second-order valence-corrected chi connectivity index (χ2v) is 6.96. The van der Waals surface area contributed by atoms with Crippen LogP contribution in [0.2, 0.25) is 0 Å². The summed E-state index contributed by atoms with van der Waals surface area (Å²) in [7, 11) is 0. The Hall–Kier alpha value is -0.860. The van der Waals surface area contributed by atoms with Crippen molar-refractivity contribution < 1.29 is 0 Å². The molecule has 0 aromatic heterocycles. The number of piperidine rings is 1. The fourth-order valence-electron chi connectivity index (χ4n) is 4.15. The van der Waals surface area contributed by atoms with E-state index < -0.39 is 0 Å². The van der Waals surface area contributed by atoms with Gasteiger partial charge < -0.3 is 5.32 Å². The SMILES string of the molecule is CCCN(CC1CCCNC1)C1CCc2ccc(C)cc21. The molecule has 0 amide bonds. The van der Waals surface area contributed by atoms with Crippen molar-refractivity contribution in [2.24, 2.45) is 5.92 Å². The largest absolute Gasteiger partial charge is 0.316 e. The Balaban J connectivity index is 1.74. The highest BCUT2D eigenvalue weighted by Crippen LogP contribution is 2.37. The fourth-order valence-corrected chi connectivity index (χ4v) is 4.15. The minimum absolute atomic E-state index is 0.668. The molecule has 21 heavy (non-hydrogen) atoms. The number of hydrogen-bond donors (Lipinski definition) is 1. The third-order valence-electron chi connectivity index (χ3n) is 5.19. The third-order valence-corrected chi connectivity index (χ3v) is 5.19. The Kier molecular flexibility index (Phi) is 4.97. The van der Waals surface area contributed by atoms with Crippen LogP contribution in [0.3, 0.4) is 0 Å². The Labute approximate surface area is 129 Å². The average molecular weight is 286 g/mol. The minimum Gasteiger partial charge on any atom is -0.316 e. The maximum atomic E-state index is 3.57. The van der Waals surface area contributed by atoms with Crippen LogP contribution in [0.15, 0.2) is 18.2 Å². The highest BCUT2D eigenvalue weighted by Gasteiger charge is 2.29. The van der Waals surface area contributed by atoms with E-state index in [0.29, 0.717) is 6.04 Å². The first-order chi connectivity index (χ1) is 10.3. The number of rotatable bonds is 5. The Morgan fingerprint density at radius 2 is 2.19 bits per heavy atom. The molecule has 0 spiro atoms. The summed E-state index contributed by atoms with van der Waals surface area (Å²) in [6, 6.07) is 7.74. The molecule has 3 rings (SSSR count). The number of fused-ring (bicyclic) bond motifs is 1. The van der Waals surface area contributed by atoms with E-state index in [2.05, 4.69) is 42.3 Å². The van der Waals surface area contributed by atoms with Gasteiger partial charge in [-0.3, -0.25) is 4.90 Å². The molecule has 0 radical (unpaired) electrons. The molecule has 2 unspecified atom stereocenters. The lowest BCUT2D eigenvalue weighted by Gasteiger charge is -2.34. The zero-order valence-corrected chi connectivity index (χ0v) is 13.7. The molecular formula is C19H30N2. The summed E-state index contributed by atoms with van der Waals surface area (Å²) in [4.78, 5) is 2.78. The van der Waals surface area contributed by atoms with Crippen LogP contribution < -0.4 is 5.32 Å². The van der Waals surface area contributed by atoms with Crippen LogP contribution in [0.25, 0.3) is 0 Å². The van der Waals surface area contributed by atoms with Crippen molar-refractivity contribution in [2.75, 3.05) is 26.2 Å². The van der Waals surface area contributed by atoms with Gasteiger partial charge in [-0.15, -0.1) is 0 Å². The van der Waals surface area contributed by atoms with Gasteiger partial charge in [0.05, 0.1) is 0 Å². The van der Waals surface area contributed by atoms with E-state index in [4.69, 9.17) is 0 Å². The Morgan fingerprint density at radius 3 is 2.95 bits per heavy atom. The highest BCUT2D eigenvalue weighted by molar-refractivity contribution is 5.37. The standard InChI is InChI=1S/C19H30N2/c1-3-11-21(14-16-5-4-10-20-13-16)19-9-8-17-7-6-15(2)12-18(17)19/h6-7,12,16,19-20H,3-5,8-11,13-14H2,1-2H3.